The van der Waals surface area contributed by atoms with Crippen LogP contribution in [0.5, 0.6) is 11.5 Å². The minimum Gasteiger partial charge on any atom is -0.493 e. The molecule has 0 aliphatic heterocycles. The first-order chi connectivity index (χ1) is 12.5. The largest absolute Gasteiger partial charge is 0.493 e. The van der Waals surface area contributed by atoms with Gasteiger partial charge >= 0.3 is 0 Å². The van der Waals surface area contributed by atoms with Crippen LogP contribution in [0.2, 0.25) is 5.02 Å². The van der Waals surface area contributed by atoms with Crippen LogP contribution >= 0.6 is 11.6 Å². The summed E-state index contributed by atoms with van der Waals surface area (Å²) in [6.45, 7) is 0.360. The standard InChI is InChI=1S/C19H21ClN2O4/c1-25-16-8-3-13(11-17(16)26-2)9-10-21-18(23)12-22-19(24)14-4-6-15(20)7-5-14/h3-8,11H,9-10,12H2,1-2H3,(H,21,23)(H,22,24). The summed E-state index contributed by atoms with van der Waals surface area (Å²) in [5.41, 5.74) is 1.46. The smallest absolute Gasteiger partial charge is 0.251 e. The minimum absolute atomic E-state index is 0.0899. The Morgan fingerprint density at radius 3 is 2.31 bits per heavy atom. The molecule has 0 aromatic heterocycles. The average Bonchev–Trinajstić information content (AvgIpc) is 2.66. The van der Waals surface area contributed by atoms with Crippen LogP contribution < -0.4 is 20.1 Å². The summed E-state index contributed by atoms with van der Waals surface area (Å²) >= 11 is 5.78. The van der Waals surface area contributed by atoms with Crippen molar-refractivity contribution in [2.45, 2.75) is 6.42 Å². The molecule has 26 heavy (non-hydrogen) atoms. The number of hydrogen-bond donors (Lipinski definition) is 2. The van der Waals surface area contributed by atoms with E-state index in [2.05, 4.69) is 10.6 Å². The van der Waals surface area contributed by atoms with E-state index in [0.717, 1.165) is 5.56 Å². The van der Waals surface area contributed by atoms with Gasteiger partial charge in [-0.3, -0.25) is 9.59 Å². The fraction of sp³-hybridized carbons (Fsp3) is 0.263. The molecule has 0 aliphatic carbocycles. The third kappa shape index (κ3) is 5.67. The summed E-state index contributed by atoms with van der Waals surface area (Å²) in [5, 5.41) is 5.89. The van der Waals surface area contributed by atoms with Crippen LogP contribution in [-0.4, -0.2) is 39.1 Å². The van der Waals surface area contributed by atoms with E-state index in [4.69, 9.17) is 21.1 Å². The van der Waals surface area contributed by atoms with Gasteiger partial charge in [0.05, 0.1) is 20.8 Å². The number of carbonyl (C=O) groups is 2. The molecule has 0 spiro atoms. The van der Waals surface area contributed by atoms with Crippen LogP contribution in [-0.2, 0) is 11.2 Å². The number of ether oxygens (including phenoxy) is 2. The molecule has 138 valence electrons. The third-order valence-electron chi connectivity index (χ3n) is 3.70. The van der Waals surface area contributed by atoms with Crippen LogP contribution in [0.25, 0.3) is 0 Å². The van der Waals surface area contributed by atoms with Crippen molar-refractivity contribution < 1.29 is 19.1 Å². The van der Waals surface area contributed by atoms with Gasteiger partial charge in [-0.2, -0.15) is 0 Å². The molecule has 0 radical (unpaired) electrons. The number of carbonyl (C=O) groups excluding carboxylic acids is 2. The van der Waals surface area contributed by atoms with Gasteiger partial charge in [-0.15, -0.1) is 0 Å². The SMILES string of the molecule is COc1ccc(CCNC(=O)CNC(=O)c2ccc(Cl)cc2)cc1OC. The molecule has 0 bridgehead atoms. The maximum absolute atomic E-state index is 11.9. The van der Waals surface area contributed by atoms with Gasteiger partial charge in [0.15, 0.2) is 11.5 Å². The van der Waals surface area contributed by atoms with Crippen LogP contribution in [0, 0.1) is 0 Å². The summed E-state index contributed by atoms with van der Waals surface area (Å²) in [6, 6.07) is 12.1. The zero-order chi connectivity index (χ0) is 18.9. The first kappa shape index (κ1) is 19.6. The molecule has 0 atom stereocenters. The topological polar surface area (TPSA) is 76.7 Å². The number of nitrogens with one attached hydrogen (secondary N) is 2. The molecule has 0 fully saturated rings. The summed E-state index contributed by atoms with van der Waals surface area (Å²) in [5.74, 6) is 0.723. The molecule has 2 N–H and O–H groups in total. The molecular weight excluding hydrogens is 356 g/mol. The van der Waals surface area contributed by atoms with Gasteiger partial charge in [-0.1, -0.05) is 17.7 Å². The zero-order valence-corrected chi connectivity index (χ0v) is 15.4. The number of amides is 2. The Labute approximate surface area is 157 Å². The average molecular weight is 377 g/mol. The quantitative estimate of drug-likeness (QED) is 0.742. The first-order valence-electron chi connectivity index (χ1n) is 8.05. The first-order valence-corrected chi connectivity index (χ1v) is 8.42. The molecule has 7 heteroatoms. The molecule has 2 aromatic rings. The Bertz CT molecular complexity index is 763. The van der Waals surface area contributed by atoms with Crippen LogP contribution in [0.3, 0.4) is 0 Å². The van der Waals surface area contributed by atoms with Gasteiger partial charge < -0.3 is 20.1 Å². The summed E-state index contributed by atoms with van der Waals surface area (Å²) in [4.78, 5) is 23.8. The van der Waals surface area contributed by atoms with E-state index in [9.17, 15) is 9.59 Å². The monoisotopic (exact) mass is 376 g/mol. The predicted molar refractivity (Wildman–Crippen MR) is 100 cm³/mol. The van der Waals surface area contributed by atoms with Gasteiger partial charge in [0.25, 0.3) is 5.91 Å². The fourth-order valence-electron chi connectivity index (χ4n) is 2.31. The van der Waals surface area contributed by atoms with E-state index < -0.39 is 0 Å². The number of methoxy groups -OCH3 is 2. The van der Waals surface area contributed by atoms with Crippen molar-refractivity contribution in [3.63, 3.8) is 0 Å². The van der Waals surface area contributed by atoms with Crippen LogP contribution in [0.1, 0.15) is 15.9 Å². The molecule has 0 unspecified atom stereocenters. The molecule has 0 heterocycles. The highest BCUT2D eigenvalue weighted by molar-refractivity contribution is 6.30. The van der Waals surface area contributed by atoms with Crippen molar-refractivity contribution in [2.24, 2.45) is 0 Å². The molecule has 0 saturated carbocycles. The number of hydrogen-bond acceptors (Lipinski definition) is 4. The highest BCUT2D eigenvalue weighted by atomic mass is 35.5. The van der Waals surface area contributed by atoms with Crippen molar-refractivity contribution in [3.8, 4) is 11.5 Å². The summed E-state index contributed by atoms with van der Waals surface area (Å²) in [6.07, 6.45) is 0.636. The Balaban J connectivity index is 1.75. The van der Waals surface area contributed by atoms with Crippen LogP contribution in [0.15, 0.2) is 42.5 Å². The van der Waals surface area contributed by atoms with Crippen molar-refractivity contribution in [3.05, 3.63) is 58.6 Å². The van der Waals surface area contributed by atoms with Crippen molar-refractivity contribution >= 4 is 23.4 Å². The van der Waals surface area contributed by atoms with Crippen LogP contribution in [0.4, 0.5) is 0 Å². The molecule has 2 rings (SSSR count). The van der Waals surface area contributed by atoms with E-state index in [0.29, 0.717) is 35.1 Å². The fourth-order valence-corrected chi connectivity index (χ4v) is 2.43. The zero-order valence-electron chi connectivity index (χ0n) is 14.7. The molecule has 0 saturated heterocycles. The molecule has 2 aromatic carbocycles. The van der Waals surface area contributed by atoms with Gasteiger partial charge in [0.2, 0.25) is 5.91 Å². The second-order valence-corrected chi connectivity index (χ2v) is 5.92. The second-order valence-electron chi connectivity index (χ2n) is 5.48. The predicted octanol–water partition coefficient (Wildman–Crippen LogP) is 2.45. The maximum Gasteiger partial charge on any atom is 0.251 e. The molecule has 0 aliphatic rings. The Morgan fingerprint density at radius 1 is 0.962 bits per heavy atom. The van der Waals surface area contributed by atoms with Gasteiger partial charge in [0, 0.05) is 17.1 Å². The Morgan fingerprint density at radius 2 is 1.65 bits per heavy atom. The van der Waals surface area contributed by atoms with Crippen molar-refractivity contribution in [2.75, 3.05) is 27.3 Å². The highest BCUT2D eigenvalue weighted by Gasteiger charge is 2.08. The van der Waals surface area contributed by atoms with E-state index in [1.54, 1.807) is 38.5 Å². The van der Waals surface area contributed by atoms with Crippen molar-refractivity contribution in [1.82, 2.24) is 10.6 Å². The van der Waals surface area contributed by atoms with Gasteiger partial charge in [0.1, 0.15) is 0 Å². The number of benzene rings is 2. The van der Waals surface area contributed by atoms with Gasteiger partial charge in [-0.05, 0) is 48.4 Å². The number of rotatable bonds is 8. The van der Waals surface area contributed by atoms with Gasteiger partial charge in [-0.25, -0.2) is 0 Å². The van der Waals surface area contributed by atoms with E-state index >= 15 is 0 Å². The summed E-state index contributed by atoms with van der Waals surface area (Å²) < 4.78 is 10.4. The maximum atomic E-state index is 11.9. The normalized spacial score (nSPS) is 10.1. The lowest BCUT2D eigenvalue weighted by Crippen LogP contribution is -2.37. The Kier molecular flexibility index (Phi) is 7.29. The van der Waals surface area contributed by atoms with Crippen molar-refractivity contribution in [1.29, 1.82) is 0 Å². The number of halogens is 1. The molecule has 2 amide bonds. The Hall–Kier alpha value is -2.73. The lowest BCUT2D eigenvalue weighted by molar-refractivity contribution is -0.120. The second kappa shape index (κ2) is 9.68. The van der Waals surface area contributed by atoms with E-state index in [1.165, 1.54) is 0 Å². The minimum atomic E-state index is -0.322. The lowest BCUT2D eigenvalue weighted by Gasteiger charge is -2.10. The third-order valence-corrected chi connectivity index (χ3v) is 3.95. The lowest BCUT2D eigenvalue weighted by atomic mass is 10.1. The molecule has 6 nitrogen and oxygen atoms in total. The van der Waals surface area contributed by atoms with E-state index in [-0.39, 0.29) is 18.4 Å². The molecular formula is C19H21ClN2O4. The summed E-state index contributed by atoms with van der Waals surface area (Å²) in [7, 11) is 3.16. The highest BCUT2D eigenvalue weighted by Crippen LogP contribution is 2.27. The van der Waals surface area contributed by atoms with E-state index in [1.807, 2.05) is 18.2 Å².